The first-order valence-corrected chi connectivity index (χ1v) is 10.9. The first kappa shape index (κ1) is 17.6. The fourth-order valence-corrected chi connectivity index (χ4v) is 6.32. The molecule has 3 atom stereocenters. The zero-order valence-electron chi connectivity index (χ0n) is 17.1. The van der Waals surface area contributed by atoms with Gasteiger partial charge in [0.15, 0.2) is 0 Å². The van der Waals surface area contributed by atoms with Crippen molar-refractivity contribution in [3.8, 4) is 0 Å². The minimum atomic E-state index is -0.658. The van der Waals surface area contributed by atoms with Crippen molar-refractivity contribution in [1.82, 2.24) is 4.90 Å². The topological polar surface area (TPSA) is 23.5 Å². The Morgan fingerprint density at radius 3 is 2.85 bits per heavy atom. The normalized spacial score (nSPS) is 35.4. The number of fused-ring (bicyclic) bond motifs is 3. The van der Waals surface area contributed by atoms with Gasteiger partial charge in [0.1, 0.15) is 0 Å². The number of nitrogens with zero attached hydrogens (tertiary/aromatic N) is 1. The molecule has 0 bridgehead atoms. The average Bonchev–Trinajstić information content (AvgIpc) is 2.77. The van der Waals surface area contributed by atoms with E-state index in [9.17, 15) is 5.11 Å². The molecule has 3 aliphatic carbocycles. The van der Waals surface area contributed by atoms with Crippen molar-refractivity contribution in [3.05, 3.63) is 58.4 Å². The second-order valence-electron chi connectivity index (χ2n) is 10.2. The first-order chi connectivity index (χ1) is 12.9. The SMILES string of the molecule is CC(C)(C)C1(O)CC2=C3C(=C4C=CCCC41)CN1CC=CC=C1C3CCC2. The van der Waals surface area contributed by atoms with Crippen molar-refractivity contribution >= 4 is 0 Å². The number of aliphatic hydroxyl groups is 1. The summed E-state index contributed by atoms with van der Waals surface area (Å²) in [4.78, 5) is 2.58. The van der Waals surface area contributed by atoms with E-state index in [1.165, 1.54) is 30.5 Å². The molecule has 0 amide bonds. The smallest absolute Gasteiger partial charge is 0.0801 e. The van der Waals surface area contributed by atoms with Crippen LogP contribution in [0.25, 0.3) is 0 Å². The third-order valence-electron chi connectivity index (χ3n) is 7.83. The van der Waals surface area contributed by atoms with Crippen LogP contribution in [0, 0.1) is 17.3 Å². The van der Waals surface area contributed by atoms with Gasteiger partial charge in [-0.15, -0.1) is 0 Å². The Kier molecular flexibility index (Phi) is 3.89. The van der Waals surface area contributed by atoms with Crippen molar-refractivity contribution in [3.63, 3.8) is 0 Å². The summed E-state index contributed by atoms with van der Waals surface area (Å²) in [5.41, 5.74) is 6.92. The Balaban J connectivity index is 1.76. The van der Waals surface area contributed by atoms with Crippen molar-refractivity contribution in [1.29, 1.82) is 0 Å². The van der Waals surface area contributed by atoms with Gasteiger partial charge in [0.2, 0.25) is 0 Å². The quantitative estimate of drug-likeness (QED) is 0.631. The maximum atomic E-state index is 12.2. The summed E-state index contributed by atoms with van der Waals surface area (Å²) in [5, 5.41) is 12.2. The van der Waals surface area contributed by atoms with E-state index in [-0.39, 0.29) is 11.3 Å². The molecule has 1 N–H and O–H groups in total. The molecule has 1 fully saturated rings. The molecule has 27 heavy (non-hydrogen) atoms. The van der Waals surface area contributed by atoms with E-state index in [1.807, 2.05) is 0 Å². The molecule has 0 radical (unpaired) electrons. The molecule has 0 spiro atoms. The molecular weight excluding hydrogens is 330 g/mol. The molecule has 0 aromatic rings. The summed E-state index contributed by atoms with van der Waals surface area (Å²) in [7, 11) is 0. The zero-order valence-corrected chi connectivity index (χ0v) is 17.1. The summed E-state index contributed by atoms with van der Waals surface area (Å²) in [6.45, 7) is 8.76. The maximum Gasteiger partial charge on any atom is 0.0801 e. The predicted octanol–water partition coefficient (Wildman–Crippen LogP) is 5.30. The highest BCUT2D eigenvalue weighted by Gasteiger charge is 2.52. The zero-order chi connectivity index (χ0) is 18.8. The highest BCUT2D eigenvalue weighted by atomic mass is 16.3. The highest BCUT2D eigenvalue weighted by Crippen LogP contribution is 2.56. The van der Waals surface area contributed by atoms with Crippen molar-refractivity contribution in [2.24, 2.45) is 17.3 Å². The molecule has 0 saturated carbocycles. The molecule has 1 saturated heterocycles. The Morgan fingerprint density at radius 2 is 2.04 bits per heavy atom. The van der Waals surface area contributed by atoms with Crippen LogP contribution in [-0.4, -0.2) is 28.7 Å². The lowest BCUT2D eigenvalue weighted by Crippen LogP contribution is -2.50. The summed E-state index contributed by atoms with van der Waals surface area (Å²) >= 11 is 0. The Morgan fingerprint density at radius 1 is 1.19 bits per heavy atom. The Bertz CT molecular complexity index is 816. The first-order valence-electron chi connectivity index (χ1n) is 10.9. The van der Waals surface area contributed by atoms with Gasteiger partial charge in [0.05, 0.1) is 5.60 Å². The molecule has 3 unspecified atom stereocenters. The van der Waals surface area contributed by atoms with Gasteiger partial charge >= 0.3 is 0 Å². The second-order valence-corrected chi connectivity index (χ2v) is 10.2. The van der Waals surface area contributed by atoms with Crippen LogP contribution in [0.4, 0.5) is 0 Å². The third-order valence-corrected chi connectivity index (χ3v) is 7.83. The van der Waals surface area contributed by atoms with Crippen molar-refractivity contribution < 1.29 is 5.11 Å². The molecular formula is C25H33NO. The van der Waals surface area contributed by atoms with Crippen LogP contribution in [0.3, 0.4) is 0 Å². The lowest BCUT2D eigenvalue weighted by Gasteiger charge is -2.47. The van der Waals surface area contributed by atoms with Crippen LogP contribution in [-0.2, 0) is 0 Å². The second kappa shape index (κ2) is 5.98. The van der Waals surface area contributed by atoms with E-state index >= 15 is 0 Å². The van der Waals surface area contributed by atoms with E-state index < -0.39 is 5.60 Å². The van der Waals surface area contributed by atoms with Crippen LogP contribution in [0.15, 0.2) is 58.4 Å². The molecule has 2 aliphatic heterocycles. The summed E-state index contributed by atoms with van der Waals surface area (Å²) in [5.74, 6) is 0.794. The minimum absolute atomic E-state index is 0.128. The van der Waals surface area contributed by atoms with Crippen LogP contribution in [0.2, 0.25) is 0 Å². The number of rotatable bonds is 0. The van der Waals surface area contributed by atoms with Crippen LogP contribution in [0.5, 0.6) is 0 Å². The predicted molar refractivity (Wildman–Crippen MR) is 111 cm³/mol. The molecule has 5 rings (SSSR count). The molecule has 2 heterocycles. The van der Waals surface area contributed by atoms with Crippen LogP contribution < -0.4 is 0 Å². The maximum absolute atomic E-state index is 12.2. The van der Waals surface area contributed by atoms with Crippen LogP contribution >= 0.6 is 0 Å². The van der Waals surface area contributed by atoms with Crippen LogP contribution in [0.1, 0.15) is 59.3 Å². The summed E-state index contributed by atoms with van der Waals surface area (Å²) in [6.07, 6.45) is 18.3. The van der Waals surface area contributed by atoms with Gasteiger partial charge in [-0.1, -0.05) is 50.6 Å². The van der Waals surface area contributed by atoms with E-state index in [2.05, 4.69) is 56.1 Å². The molecule has 0 aromatic carbocycles. The Labute approximate surface area is 164 Å². The summed E-state index contributed by atoms with van der Waals surface area (Å²) < 4.78 is 0. The molecule has 5 aliphatic rings. The Hall–Kier alpha value is -1.54. The van der Waals surface area contributed by atoms with Gasteiger partial charge in [-0.25, -0.2) is 0 Å². The van der Waals surface area contributed by atoms with Gasteiger partial charge in [0, 0.05) is 30.6 Å². The lowest BCUT2D eigenvalue weighted by atomic mass is 9.62. The van der Waals surface area contributed by atoms with Gasteiger partial charge in [-0.3, -0.25) is 0 Å². The van der Waals surface area contributed by atoms with E-state index in [4.69, 9.17) is 0 Å². The van der Waals surface area contributed by atoms with Gasteiger partial charge in [-0.05, 0) is 66.7 Å². The van der Waals surface area contributed by atoms with Crippen molar-refractivity contribution in [2.75, 3.05) is 13.1 Å². The van der Waals surface area contributed by atoms with Gasteiger partial charge in [-0.2, -0.15) is 0 Å². The van der Waals surface area contributed by atoms with Gasteiger partial charge < -0.3 is 10.0 Å². The lowest BCUT2D eigenvalue weighted by molar-refractivity contribution is -0.0951. The number of hydrogen-bond donors (Lipinski definition) is 1. The fourth-order valence-electron chi connectivity index (χ4n) is 6.32. The number of hydrogen-bond acceptors (Lipinski definition) is 2. The number of piperidine rings is 1. The summed E-state index contributed by atoms with van der Waals surface area (Å²) in [6, 6.07) is 0. The monoisotopic (exact) mass is 363 g/mol. The van der Waals surface area contributed by atoms with Crippen molar-refractivity contribution in [2.45, 2.75) is 64.9 Å². The van der Waals surface area contributed by atoms with E-state index in [1.54, 1.807) is 16.7 Å². The molecule has 2 heteroatoms. The third kappa shape index (κ3) is 2.49. The molecule has 2 nitrogen and oxygen atoms in total. The number of allylic oxidation sites excluding steroid dienone is 5. The largest absolute Gasteiger partial charge is 0.388 e. The average molecular weight is 364 g/mol. The van der Waals surface area contributed by atoms with E-state index in [0.29, 0.717) is 5.92 Å². The molecule has 0 aromatic heterocycles. The molecule has 144 valence electrons. The standard InChI is InChI=1S/C25H33NO/c1-24(2,3)25(27)15-17-9-8-11-19-22-13-6-7-14-26(22)16-20(23(17)19)18-10-4-5-12-21(18)25/h4,6-7,10,13,19,21,27H,5,8-9,11-12,14-16H2,1-3H3. The van der Waals surface area contributed by atoms with E-state index in [0.717, 1.165) is 32.4 Å². The van der Waals surface area contributed by atoms with Gasteiger partial charge in [0.25, 0.3) is 0 Å². The fraction of sp³-hybridized carbons (Fsp3) is 0.600. The highest BCUT2D eigenvalue weighted by molar-refractivity contribution is 5.56. The minimum Gasteiger partial charge on any atom is -0.388 e.